The van der Waals surface area contributed by atoms with E-state index in [1.165, 1.54) is 57.2 Å². The Kier molecular flexibility index (Phi) is 4.83. The van der Waals surface area contributed by atoms with Crippen LogP contribution in [-0.4, -0.2) is 23.6 Å². The highest BCUT2D eigenvalue weighted by molar-refractivity contribution is 7.99. The van der Waals surface area contributed by atoms with Gasteiger partial charge < -0.3 is 5.32 Å². The molecule has 2 fully saturated rings. The molecule has 0 aromatic rings. The Labute approximate surface area is 98.8 Å². The molecule has 15 heavy (non-hydrogen) atoms. The third kappa shape index (κ3) is 3.67. The van der Waals surface area contributed by atoms with E-state index in [-0.39, 0.29) is 0 Å². The number of nitrogens with one attached hydrogen (secondary N) is 1. The molecule has 0 amide bonds. The molecule has 3 atom stereocenters. The van der Waals surface area contributed by atoms with Crippen molar-refractivity contribution in [3.63, 3.8) is 0 Å². The van der Waals surface area contributed by atoms with Gasteiger partial charge in [0.15, 0.2) is 0 Å². The zero-order valence-electron chi connectivity index (χ0n) is 10.0. The van der Waals surface area contributed by atoms with E-state index in [2.05, 4.69) is 24.0 Å². The van der Waals surface area contributed by atoms with Gasteiger partial charge in [0.25, 0.3) is 0 Å². The van der Waals surface area contributed by atoms with Crippen LogP contribution in [0.1, 0.15) is 51.9 Å². The molecule has 1 heterocycles. The van der Waals surface area contributed by atoms with Gasteiger partial charge in [-0.25, -0.2) is 0 Å². The second kappa shape index (κ2) is 6.15. The maximum absolute atomic E-state index is 3.79. The summed E-state index contributed by atoms with van der Waals surface area (Å²) in [5, 5.41) is 4.71. The molecular formula is C13H25NS. The zero-order valence-corrected chi connectivity index (χ0v) is 10.8. The zero-order chi connectivity index (χ0) is 10.5. The van der Waals surface area contributed by atoms with Gasteiger partial charge >= 0.3 is 0 Å². The van der Waals surface area contributed by atoms with Crippen molar-refractivity contribution in [2.75, 3.05) is 12.3 Å². The summed E-state index contributed by atoms with van der Waals surface area (Å²) in [6.45, 7) is 3.61. The first-order chi connectivity index (χ1) is 7.38. The van der Waals surface area contributed by atoms with E-state index in [0.717, 1.165) is 17.2 Å². The van der Waals surface area contributed by atoms with Gasteiger partial charge in [0.05, 0.1) is 0 Å². The Balaban J connectivity index is 1.61. The van der Waals surface area contributed by atoms with Crippen LogP contribution in [0.25, 0.3) is 0 Å². The lowest BCUT2D eigenvalue weighted by molar-refractivity contribution is 0.469. The molecule has 1 saturated carbocycles. The van der Waals surface area contributed by atoms with Crippen molar-refractivity contribution in [3.8, 4) is 0 Å². The summed E-state index contributed by atoms with van der Waals surface area (Å²) in [6, 6.07) is 0.845. The average Bonchev–Trinajstić information content (AvgIpc) is 2.76. The van der Waals surface area contributed by atoms with E-state index in [4.69, 9.17) is 0 Å². The van der Waals surface area contributed by atoms with Gasteiger partial charge in [0.1, 0.15) is 0 Å². The SMILES string of the molecule is CCC1CCC(NCC2CCCCS2)C1. The van der Waals surface area contributed by atoms with E-state index in [9.17, 15) is 0 Å². The molecular weight excluding hydrogens is 202 g/mol. The Morgan fingerprint density at radius 2 is 2.13 bits per heavy atom. The first-order valence-electron chi connectivity index (χ1n) is 6.73. The highest BCUT2D eigenvalue weighted by Gasteiger charge is 2.23. The van der Waals surface area contributed by atoms with Crippen molar-refractivity contribution >= 4 is 11.8 Å². The fourth-order valence-corrected chi connectivity index (χ4v) is 4.15. The molecule has 1 N–H and O–H groups in total. The highest BCUT2D eigenvalue weighted by Crippen LogP contribution is 2.29. The first kappa shape index (κ1) is 11.8. The third-order valence-corrected chi connectivity index (χ3v) is 5.42. The van der Waals surface area contributed by atoms with Gasteiger partial charge in [-0.1, -0.05) is 19.8 Å². The van der Waals surface area contributed by atoms with Crippen molar-refractivity contribution in [2.24, 2.45) is 5.92 Å². The molecule has 0 bridgehead atoms. The lowest BCUT2D eigenvalue weighted by Gasteiger charge is -2.23. The monoisotopic (exact) mass is 227 g/mol. The lowest BCUT2D eigenvalue weighted by atomic mass is 10.1. The van der Waals surface area contributed by atoms with Gasteiger partial charge in [0, 0.05) is 17.8 Å². The van der Waals surface area contributed by atoms with Crippen LogP contribution in [0.4, 0.5) is 0 Å². The van der Waals surface area contributed by atoms with E-state index < -0.39 is 0 Å². The molecule has 1 nitrogen and oxygen atoms in total. The summed E-state index contributed by atoms with van der Waals surface area (Å²) in [4.78, 5) is 0. The summed E-state index contributed by atoms with van der Waals surface area (Å²) < 4.78 is 0. The fraction of sp³-hybridized carbons (Fsp3) is 1.00. The van der Waals surface area contributed by atoms with Crippen LogP contribution in [0.5, 0.6) is 0 Å². The standard InChI is InChI=1S/C13H25NS/c1-2-11-6-7-12(9-11)14-10-13-5-3-4-8-15-13/h11-14H,2-10H2,1H3. The molecule has 1 saturated heterocycles. The normalized spacial score (nSPS) is 37.0. The van der Waals surface area contributed by atoms with Crippen LogP contribution in [0, 0.1) is 5.92 Å². The van der Waals surface area contributed by atoms with Crippen molar-refractivity contribution < 1.29 is 0 Å². The van der Waals surface area contributed by atoms with Crippen LogP contribution in [0.3, 0.4) is 0 Å². The molecule has 1 aliphatic carbocycles. The minimum Gasteiger partial charge on any atom is -0.313 e. The van der Waals surface area contributed by atoms with Crippen molar-refractivity contribution in [2.45, 2.75) is 63.2 Å². The molecule has 0 aromatic carbocycles. The molecule has 0 spiro atoms. The molecule has 2 aliphatic rings. The van der Waals surface area contributed by atoms with Crippen molar-refractivity contribution in [1.29, 1.82) is 0 Å². The summed E-state index contributed by atoms with van der Waals surface area (Å²) in [7, 11) is 0. The second-order valence-electron chi connectivity index (χ2n) is 5.18. The average molecular weight is 227 g/mol. The molecule has 0 radical (unpaired) electrons. The van der Waals surface area contributed by atoms with Gasteiger partial charge in [-0.15, -0.1) is 0 Å². The van der Waals surface area contributed by atoms with Crippen LogP contribution < -0.4 is 5.32 Å². The van der Waals surface area contributed by atoms with Crippen molar-refractivity contribution in [3.05, 3.63) is 0 Å². The minimum absolute atomic E-state index is 0.845. The van der Waals surface area contributed by atoms with Crippen molar-refractivity contribution in [1.82, 2.24) is 5.32 Å². The Morgan fingerprint density at radius 3 is 2.80 bits per heavy atom. The number of hydrogen-bond donors (Lipinski definition) is 1. The van der Waals surface area contributed by atoms with Crippen LogP contribution in [0.2, 0.25) is 0 Å². The number of hydrogen-bond acceptors (Lipinski definition) is 2. The third-order valence-electron chi connectivity index (χ3n) is 4.03. The van der Waals surface area contributed by atoms with Crippen LogP contribution in [0.15, 0.2) is 0 Å². The molecule has 1 aliphatic heterocycles. The first-order valence-corrected chi connectivity index (χ1v) is 7.78. The van der Waals surface area contributed by atoms with Crippen LogP contribution in [-0.2, 0) is 0 Å². The Morgan fingerprint density at radius 1 is 1.20 bits per heavy atom. The molecule has 2 heteroatoms. The van der Waals surface area contributed by atoms with Crippen LogP contribution >= 0.6 is 11.8 Å². The van der Waals surface area contributed by atoms with Gasteiger partial charge in [-0.05, 0) is 43.8 Å². The Bertz CT molecular complexity index is 177. The van der Waals surface area contributed by atoms with Gasteiger partial charge in [-0.3, -0.25) is 0 Å². The van der Waals surface area contributed by atoms with Gasteiger partial charge in [0.2, 0.25) is 0 Å². The molecule has 88 valence electrons. The number of rotatable bonds is 4. The highest BCUT2D eigenvalue weighted by atomic mass is 32.2. The molecule has 3 unspecified atom stereocenters. The summed E-state index contributed by atoms with van der Waals surface area (Å²) in [5.74, 6) is 2.41. The minimum atomic E-state index is 0.845. The maximum atomic E-state index is 3.79. The quantitative estimate of drug-likeness (QED) is 0.789. The smallest absolute Gasteiger partial charge is 0.0172 e. The summed E-state index contributed by atoms with van der Waals surface area (Å²) >= 11 is 2.19. The predicted octanol–water partition coefficient (Wildman–Crippen LogP) is 3.44. The summed E-state index contributed by atoms with van der Waals surface area (Å²) in [6.07, 6.45) is 10.1. The maximum Gasteiger partial charge on any atom is 0.0172 e. The Hall–Kier alpha value is 0.310. The summed E-state index contributed by atoms with van der Waals surface area (Å²) in [5.41, 5.74) is 0. The molecule has 0 aromatic heterocycles. The van der Waals surface area contributed by atoms with Gasteiger partial charge in [-0.2, -0.15) is 11.8 Å². The predicted molar refractivity (Wildman–Crippen MR) is 69.5 cm³/mol. The van der Waals surface area contributed by atoms with E-state index in [1.54, 1.807) is 0 Å². The van der Waals surface area contributed by atoms with E-state index in [1.807, 2.05) is 0 Å². The fourth-order valence-electron chi connectivity index (χ4n) is 2.90. The molecule has 2 rings (SSSR count). The van der Waals surface area contributed by atoms with E-state index >= 15 is 0 Å². The second-order valence-corrected chi connectivity index (χ2v) is 6.59. The number of thioether (sulfide) groups is 1. The van der Waals surface area contributed by atoms with E-state index in [0.29, 0.717) is 0 Å². The lowest BCUT2D eigenvalue weighted by Crippen LogP contribution is -2.33. The largest absolute Gasteiger partial charge is 0.313 e. The topological polar surface area (TPSA) is 12.0 Å².